The molecule has 2 aliphatic heterocycles. The minimum atomic E-state index is -0.342. The van der Waals surface area contributed by atoms with Gasteiger partial charge < -0.3 is 24.8 Å². The fraction of sp³-hybridized carbons (Fsp3) is 0.346. The normalized spacial score (nSPS) is 21.8. The van der Waals surface area contributed by atoms with Crippen LogP contribution in [0, 0.1) is 5.82 Å². The number of halogens is 1. The van der Waals surface area contributed by atoms with Gasteiger partial charge in [0.15, 0.2) is 5.11 Å². The third-order valence-electron chi connectivity index (χ3n) is 6.50. The Kier molecular flexibility index (Phi) is 7.06. The molecule has 2 aliphatic rings. The first-order chi connectivity index (χ1) is 17.1. The number of carbonyl (C=O) groups excluding carboxylic acids is 1. The van der Waals surface area contributed by atoms with E-state index in [-0.39, 0.29) is 36.3 Å². The first kappa shape index (κ1) is 23.4. The van der Waals surface area contributed by atoms with E-state index in [1.165, 1.54) is 12.1 Å². The monoisotopic (exact) mass is 493 g/mol. The predicted octanol–water partition coefficient (Wildman–Crippen LogP) is 4.20. The maximum atomic E-state index is 13.2. The lowest BCUT2D eigenvalue weighted by atomic mass is 10.0. The highest BCUT2D eigenvalue weighted by molar-refractivity contribution is 7.80. The van der Waals surface area contributed by atoms with Crippen molar-refractivity contribution in [3.8, 4) is 0 Å². The highest BCUT2D eigenvalue weighted by atomic mass is 32.1. The molecule has 182 valence electrons. The Bertz CT molecular complexity index is 1160. The smallest absolute Gasteiger partial charge is 0.226 e. The molecule has 2 N–H and O–H groups in total. The number of rotatable bonds is 8. The molecule has 0 radical (unpaired) electrons. The van der Waals surface area contributed by atoms with Gasteiger partial charge in [-0.1, -0.05) is 6.07 Å². The fourth-order valence-electron chi connectivity index (χ4n) is 4.82. The van der Waals surface area contributed by atoms with Gasteiger partial charge in [0.1, 0.15) is 5.82 Å². The number of hydrogen-bond donors (Lipinski definition) is 2. The molecule has 0 unspecified atom stereocenters. The van der Waals surface area contributed by atoms with Gasteiger partial charge in [-0.05, 0) is 73.6 Å². The predicted molar refractivity (Wildman–Crippen MR) is 135 cm³/mol. The number of benzene rings is 1. The summed E-state index contributed by atoms with van der Waals surface area (Å²) in [5.41, 5.74) is 2.55. The Morgan fingerprint density at radius 3 is 2.80 bits per heavy atom. The second kappa shape index (κ2) is 10.5. The highest BCUT2D eigenvalue weighted by Crippen LogP contribution is 2.39. The van der Waals surface area contributed by atoms with Crippen LogP contribution in [0.5, 0.6) is 0 Å². The van der Waals surface area contributed by atoms with Gasteiger partial charge in [-0.15, -0.1) is 0 Å². The van der Waals surface area contributed by atoms with Gasteiger partial charge in [0.05, 0.1) is 23.9 Å². The number of carbonyl (C=O) groups is 1. The molecule has 0 bridgehead atoms. The summed E-state index contributed by atoms with van der Waals surface area (Å²) in [6.45, 7) is 2.01. The van der Waals surface area contributed by atoms with Crippen molar-refractivity contribution < 1.29 is 13.9 Å². The lowest BCUT2D eigenvalue weighted by molar-refractivity contribution is -0.116. The standard InChI is InChI=1S/C26H28FN5O2S/c27-18-8-10-19(11-9-18)29-23(33)12-15-32-25(24(30-26(32)35)21-6-1-2-13-28-21)22-7-3-14-31(22)17-20-5-4-16-34-20/h1-3,6-11,13-14,20,24-25H,4-5,12,15-17H2,(H,29,33)(H,30,35)/t20-,24-,25+/m1/s1. The molecular formula is C26H28FN5O2S. The second-order valence-corrected chi connectivity index (χ2v) is 9.23. The largest absolute Gasteiger partial charge is 0.376 e. The zero-order chi connectivity index (χ0) is 24.2. The molecule has 2 fully saturated rings. The molecule has 5 rings (SSSR count). The van der Waals surface area contributed by atoms with Gasteiger partial charge in [-0.25, -0.2) is 4.39 Å². The molecule has 2 aromatic heterocycles. The van der Waals surface area contributed by atoms with Gasteiger partial charge in [0, 0.05) is 49.9 Å². The average Bonchev–Trinajstić information content (AvgIpc) is 3.61. The number of thiocarbonyl (C=S) groups is 1. The lowest BCUT2D eigenvalue weighted by Crippen LogP contribution is -2.33. The van der Waals surface area contributed by atoms with E-state index in [0.717, 1.165) is 37.4 Å². The highest BCUT2D eigenvalue weighted by Gasteiger charge is 2.41. The van der Waals surface area contributed by atoms with Crippen LogP contribution >= 0.6 is 12.2 Å². The Morgan fingerprint density at radius 1 is 1.20 bits per heavy atom. The minimum absolute atomic E-state index is 0.132. The third-order valence-corrected chi connectivity index (χ3v) is 6.85. The van der Waals surface area contributed by atoms with Gasteiger partial charge in [-0.3, -0.25) is 9.78 Å². The van der Waals surface area contributed by atoms with Crippen LogP contribution in [0.1, 0.15) is 42.7 Å². The van der Waals surface area contributed by atoms with Crippen LogP contribution in [0.3, 0.4) is 0 Å². The molecule has 0 spiro atoms. The van der Waals surface area contributed by atoms with Crippen molar-refractivity contribution in [2.24, 2.45) is 0 Å². The number of hydrogen-bond acceptors (Lipinski definition) is 4. The molecule has 3 atom stereocenters. The first-order valence-electron chi connectivity index (χ1n) is 11.9. The quantitative estimate of drug-likeness (QED) is 0.459. The van der Waals surface area contributed by atoms with E-state index in [4.69, 9.17) is 17.0 Å². The van der Waals surface area contributed by atoms with Crippen LogP contribution in [0.4, 0.5) is 10.1 Å². The zero-order valence-corrected chi connectivity index (χ0v) is 20.1. The van der Waals surface area contributed by atoms with Gasteiger partial charge >= 0.3 is 0 Å². The molecule has 35 heavy (non-hydrogen) atoms. The summed E-state index contributed by atoms with van der Waals surface area (Å²) in [5, 5.41) is 6.85. The maximum absolute atomic E-state index is 13.2. The molecular weight excluding hydrogens is 465 g/mol. The van der Waals surface area contributed by atoms with E-state index in [9.17, 15) is 9.18 Å². The van der Waals surface area contributed by atoms with Crippen LogP contribution in [0.2, 0.25) is 0 Å². The zero-order valence-electron chi connectivity index (χ0n) is 19.3. The van der Waals surface area contributed by atoms with E-state index >= 15 is 0 Å². The maximum Gasteiger partial charge on any atom is 0.226 e. The summed E-state index contributed by atoms with van der Waals surface area (Å²) in [6.07, 6.45) is 6.43. The summed E-state index contributed by atoms with van der Waals surface area (Å²) < 4.78 is 21.3. The first-order valence-corrected chi connectivity index (χ1v) is 12.3. The van der Waals surface area contributed by atoms with Crippen molar-refractivity contribution in [3.05, 3.63) is 84.2 Å². The number of pyridine rings is 1. The number of aromatic nitrogens is 2. The molecule has 7 nitrogen and oxygen atoms in total. The van der Waals surface area contributed by atoms with Crippen molar-refractivity contribution >= 4 is 28.9 Å². The average molecular weight is 494 g/mol. The van der Waals surface area contributed by atoms with Gasteiger partial charge in [0.25, 0.3) is 0 Å². The van der Waals surface area contributed by atoms with Crippen LogP contribution in [-0.2, 0) is 16.1 Å². The summed E-state index contributed by atoms with van der Waals surface area (Å²) >= 11 is 5.73. The minimum Gasteiger partial charge on any atom is -0.376 e. The number of nitrogens with zero attached hydrogens (tertiary/aromatic N) is 3. The van der Waals surface area contributed by atoms with E-state index in [2.05, 4.69) is 37.3 Å². The molecule has 1 aromatic carbocycles. The summed E-state index contributed by atoms with van der Waals surface area (Å²) in [4.78, 5) is 19.3. The van der Waals surface area contributed by atoms with Crippen molar-refractivity contribution in [3.63, 3.8) is 0 Å². The molecule has 0 aliphatic carbocycles. The topological polar surface area (TPSA) is 71.4 Å². The Labute approximate surface area is 209 Å². The Morgan fingerprint density at radius 2 is 2.06 bits per heavy atom. The van der Waals surface area contributed by atoms with Crippen LogP contribution in [0.15, 0.2) is 67.0 Å². The number of anilines is 1. The lowest BCUT2D eigenvalue weighted by Gasteiger charge is -2.29. The molecule has 0 saturated carbocycles. The number of ether oxygens (including phenoxy) is 1. The van der Waals surface area contributed by atoms with E-state index in [0.29, 0.717) is 17.3 Å². The molecule has 4 heterocycles. The van der Waals surface area contributed by atoms with Crippen LogP contribution < -0.4 is 10.6 Å². The Hall–Kier alpha value is -3.30. The van der Waals surface area contributed by atoms with Gasteiger partial charge in [0.2, 0.25) is 5.91 Å². The molecule has 2 saturated heterocycles. The number of nitrogens with one attached hydrogen (secondary N) is 2. The molecule has 1 amide bonds. The summed E-state index contributed by atoms with van der Waals surface area (Å²) in [7, 11) is 0. The van der Waals surface area contributed by atoms with E-state index in [1.54, 1.807) is 18.3 Å². The van der Waals surface area contributed by atoms with E-state index < -0.39 is 0 Å². The summed E-state index contributed by atoms with van der Waals surface area (Å²) in [5.74, 6) is -0.500. The Balaban J connectivity index is 1.36. The van der Waals surface area contributed by atoms with Crippen molar-refractivity contribution in [1.29, 1.82) is 0 Å². The van der Waals surface area contributed by atoms with E-state index in [1.807, 2.05) is 24.3 Å². The SMILES string of the molecule is O=C(CCN1C(=S)N[C@H](c2ccccn2)[C@@H]1c1cccn1C[C@H]1CCCO1)Nc1ccc(F)cc1. The third kappa shape index (κ3) is 5.36. The van der Waals surface area contributed by atoms with Crippen molar-refractivity contribution in [2.75, 3.05) is 18.5 Å². The molecule has 3 aromatic rings. The van der Waals surface area contributed by atoms with Gasteiger partial charge in [-0.2, -0.15) is 0 Å². The van der Waals surface area contributed by atoms with Crippen LogP contribution in [0.25, 0.3) is 0 Å². The van der Waals surface area contributed by atoms with Crippen molar-refractivity contribution in [2.45, 2.75) is 44.0 Å². The number of amides is 1. The van der Waals surface area contributed by atoms with Crippen molar-refractivity contribution in [1.82, 2.24) is 19.8 Å². The summed E-state index contributed by atoms with van der Waals surface area (Å²) in [6, 6.07) is 15.5. The fourth-order valence-corrected chi connectivity index (χ4v) is 5.15. The second-order valence-electron chi connectivity index (χ2n) is 8.85. The van der Waals surface area contributed by atoms with Crippen LogP contribution in [-0.4, -0.2) is 44.7 Å². The molecule has 9 heteroatoms.